The number of hydrogen-bond acceptors (Lipinski definition) is 7. The third-order valence-electron chi connectivity index (χ3n) is 4.63. The summed E-state index contributed by atoms with van der Waals surface area (Å²) in [5, 5.41) is 0. The number of carbonyl (C=O) groups excluding carboxylic acids is 1. The number of amides is 1. The van der Waals surface area contributed by atoms with Crippen LogP contribution in [0.15, 0.2) is 57.2 Å². The first kappa shape index (κ1) is 23.7. The van der Waals surface area contributed by atoms with Gasteiger partial charge in [-0.15, -0.1) is 0 Å². The Bertz CT molecular complexity index is 1420. The molecule has 0 N–H and O–H groups in total. The fraction of sp³-hybridized carbons (Fsp3) is 0.300. The molecular formula is C20H22N2O5S4. The summed E-state index contributed by atoms with van der Waals surface area (Å²) in [5.41, 5.74) is 0.794. The molecule has 166 valence electrons. The summed E-state index contributed by atoms with van der Waals surface area (Å²) in [5.74, 6) is -0.00952. The highest BCUT2D eigenvalue weighted by atomic mass is 32.2. The lowest BCUT2D eigenvalue weighted by molar-refractivity contribution is 0.0994. The van der Waals surface area contributed by atoms with E-state index >= 15 is 0 Å². The normalized spacial score (nSPS) is 13.1. The van der Waals surface area contributed by atoms with Crippen LogP contribution < -0.4 is 4.80 Å². The number of rotatable bonds is 7. The van der Waals surface area contributed by atoms with Crippen LogP contribution in [0.25, 0.3) is 10.2 Å². The van der Waals surface area contributed by atoms with E-state index < -0.39 is 25.6 Å². The van der Waals surface area contributed by atoms with Gasteiger partial charge in [0.1, 0.15) is 0 Å². The topological polar surface area (TPSA) is 103 Å². The van der Waals surface area contributed by atoms with E-state index in [0.717, 1.165) is 17.5 Å². The number of thioether (sulfide) groups is 1. The van der Waals surface area contributed by atoms with Crippen LogP contribution in [0.2, 0.25) is 0 Å². The summed E-state index contributed by atoms with van der Waals surface area (Å²) in [6.45, 7) is 2.09. The Morgan fingerprint density at radius 2 is 1.84 bits per heavy atom. The molecule has 3 rings (SSSR count). The van der Waals surface area contributed by atoms with Gasteiger partial charge in [-0.2, -0.15) is 16.8 Å². The molecule has 1 heterocycles. The molecule has 0 fully saturated rings. The molecule has 0 bridgehead atoms. The molecule has 3 aromatic rings. The van der Waals surface area contributed by atoms with Crippen LogP contribution in [0.3, 0.4) is 0 Å². The van der Waals surface area contributed by atoms with Crippen LogP contribution in [-0.4, -0.2) is 51.3 Å². The molecule has 31 heavy (non-hydrogen) atoms. The van der Waals surface area contributed by atoms with Gasteiger partial charge in [0.25, 0.3) is 5.91 Å². The number of carbonyl (C=O) groups is 1. The Hall–Kier alpha value is -1.95. The zero-order valence-electron chi connectivity index (χ0n) is 17.2. The molecule has 2 aromatic carbocycles. The highest BCUT2D eigenvalue weighted by molar-refractivity contribution is 7.98. The predicted octanol–water partition coefficient (Wildman–Crippen LogP) is 3.00. The smallest absolute Gasteiger partial charge is 0.280 e. The number of fused-ring (bicyclic) bond motifs is 1. The lowest BCUT2D eigenvalue weighted by Crippen LogP contribution is -2.19. The van der Waals surface area contributed by atoms with Crippen LogP contribution in [0.1, 0.15) is 17.3 Å². The van der Waals surface area contributed by atoms with Crippen molar-refractivity contribution in [3.05, 3.63) is 52.8 Å². The van der Waals surface area contributed by atoms with E-state index in [1.807, 2.05) is 10.8 Å². The second-order valence-corrected chi connectivity index (χ2v) is 13.0. The van der Waals surface area contributed by atoms with E-state index in [2.05, 4.69) is 4.99 Å². The zero-order valence-corrected chi connectivity index (χ0v) is 20.5. The van der Waals surface area contributed by atoms with Gasteiger partial charge in [-0.25, -0.2) is 16.8 Å². The van der Waals surface area contributed by atoms with E-state index in [1.165, 1.54) is 36.5 Å². The molecule has 1 amide bonds. The Balaban J connectivity index is 2.21. The molecule has 0 saturated heterocycles. The van der Waals surface area contributed by atoms with Crippen molar-refractivity contribution in [2.24, 2.45) is 4.99 Å². The van der Waals surface area contributed by atoms with Crippen molar-refractivity contribution in [1.29, 1.82) is 0 Å². The average molecular weight is 499 g/mol. The van der Waals surface area contributed by atoms with Gasteiger partial charge in [0.05, 0.1) is 31.3 Å². The van der Waals surface area contributed by atoms with E-state index in [9.17, 15) is 21.6 Å². The number of aryl methyl sites for hydroxylation is 1. The van der Waals surface area contributed by atoms with Crippen molar-refractivity contribution in [2.75, 3.05) is 24.0 Å². The minimum Gasteiger partial charge on any atom is -0.316 e. The molecule has 0 aliphatic rings. The predicted molar refractivity (Wildman–Crippen MR) is 125 cm³/mol. The number of benzene rings is 2. The number of aromatic nitrogens is 1. The number of hydrogen-bond donors (Lipinski definition) is 0. The third-order valence-corrected chi connectivity index (χ3v) is 9.16. The molecule has 7 nitrogen and oxygen atoms in total. The summed E-state index contributed by atoms with van der Waals surface area (Å²) in [6.07, 6.45) is 3.11. The summed E-state index contributed by atoms with van der Waals surface area (Å²) in [7, 11) is -6.97. The molecule has 0 radical (unpaired) electrons. The van der Waals surface area contributed by atoms with Crippen molar-refractivity contribution in [3.8, 4) is 0 Å². The fourth-order valence-electron chi connectivity index (χ4n) is 2.99. The highest BCUT2D eigenvalue weighted by Crippen LogP contribution is 2.23. The molecule has 0 unspecified atom stereocenters. The van der Waals surface area contributed by atoms with Crippen LogP contribution in [-0.2, 0) is 26.2 Å². The van der Waals surface area contributed by atoms with Crippen molar-refractivity contribution >= 4 is 58.9 Å². The fourth-order valence-corrected chi connectivity index (χ4v) is 6.25. The van der Waals surface area contributed by atoms with E-state index in [1.54, 1.807) is 36.0 Å². The molecular weight excluding hydrogens is 476 g/mol. The average Bonchev–Trinajstić information content (AvgIpc) is 3.07. The number of nitrogens with zero attached hydrogens (tertiary/aromatic N) is 2. The molecule has 0 atom stereocenters. The van der Waals surface area contributed by atoms with Gasteiger partial charge in [-0.1, -0.05) is 30.4 Å². The first-order chi connectivity index (χ1) is 14.6. The van der Waals surface area contributed by atoms with Gasteiger partial charge >= 0.3 is 0 Å². The Labute approximate surface area is 189 Å². The third kappa shape index (κ3) is 5.11. The van der Waals surface area contributed by atoms with Crippen LogP contribution in [0.4, 0.5) is 0 Å². The maximum absolute atomic E-state index is 13.0. The summed E-state index contributed by atoms with van der Waals surface area (Å²) in [4.78, 5) is 17.8. The first-order valence-corrected chi connectivity index (χ1v) is 15.1. The minimum atomic E-state index is -3.59. The molecule has 0 spiro atoms. The SMILES string of the molecule is CCS(=O)(=O)c1ccccc1C(=O)N=c1sc2cc(S(C)(=O)=O)ccc2n1CCSC. The van der Waals surface area contributed by atoms with Gasteiger partial charge in [0.2, 0.25) is 0 Å². The van der Waals surface area contributed by atoms with Crippen LogP contribution in [0.5, 0.6) is 0 Å². The quantitative estimate of drug-likeness (QED) is 0.496. The van der Waals surface area contributed by atoms with Crippen molar-refractivity contribution < 1.29 is 21.6 Å². The zero-order chi connectivity index (χ0) is 22.8. The Morgan fingerprint density at radius 1 is 1.13 bits per heavy atom. The van der Waals surface area contributed by atoms with Crippen molar-refractivity contribution in [2.45, 2.75) is 23.3 Å². The number of sulfone groups is 2. The van der Waals surface area contributed by atoms with E-state index in [0.29, 0.717) is 16.0 Å². The Morgan fingerprint density at radius 3 is 2.48 bits per heavy atom. The monoisotopic (exact) mass is 498 g/mol. The van der Waals surface area contributed by atoms with Crippen LogP contribution in [0, 0.1) is 0 Å². The molecule has 0 saturated carbocycles. The summed E-state index contributed by atoms with van der Waals surface area (Å²) < 4.78 is 51.2. The maximum Gasteiger partial charge on any atom is 0.280 e. The Kier molecular flexibility index (Phi) is 7.09. The summed E-state index contributed by atoms with van der Waals surface area (Å²) in [6, 6.07) is 10.9. The standard InChI is InChI=1S/C20H22N2O5S4/c1-4-31(26,27)18-8-6-5-7-15(18)19(23)21-20-22(11-12-28-2)16-10-9-14(30(3,24)25)13-17(16)29-20/h5-10,13H,4,11-12H2,1-3H3. The van der Waals surface area contributed by atoms with Gasteiger partial charge in [0, 0.05) is 18.6 Å². The summed E-state index contributed by atoms with van der Waals surface area (Å²) >= 11 is 2.83. The molecule has 11 heteroatoms. The maximum atomic E-state index is 13.0. The van der Waals surface area contributed by atoms with Gasteiger partial charge in [-0.05, 0) is 36.6 Å². The first-order valence-electron chi connectivity index (χ1n) is 9.31. The van der Waals surface area contributed by atoms with E-state index in [4.69, 9.17) is 0 Å². The van der Waals surface area contributed by atoms with Gasteiger partial charge in [-0.3, -0.25) is 4.79 Å². The van der Waals surface area contributed by atoms with Crippen LogP contribution >= 0.6 is 23.1 Å². The van der Waals surface area contributed by atoms with E-state index in [-0.39, 0.29) is 21.1 Å². The van der Waals surface area contributed by atoms with Crippen molar-refractivity contribution in [3.63, 3.8) is 0 Å². The van der Waals surface area contributed by atoms with Gasteiger partial charge < -0.3 is 4.57 Å². The second kappa shape index (κ2) is 9.27. The molecule has 0 aliphatic heterocycles. The lowest BCUT2D eigenvalue weighted by atomic mass is 10.2. The van der Waals surface area contributed by atoms with Gasteiger partial charge in [0.15, 0.2) is 24.5 Å². The number of thiazole rings is 1. The molecule has 1 aromatic heterocycles. The largest absolute Gasteiger partial charge is 0.316 e. The lowest BCUT2D eigenvalue weighted by Gasteiger charge is -2.06. The second-order valence-electron chi connectivity index (χ2n) is 6.75. The molecule has 0 aliphatic carbocycles. The highest BCUT2D eigenvalue weighted by Gasteiger charge is 2.21. The van der Waals surface area contributed by atoms with Crippen molar-refractivity contribution in [1.82, 2.24) is 4.57 Å². The minimum absolute atomic E-state index is 0.0232.